The number of fused-ring (bicyclic) bond motifs is 2. The average Bonchev–Trinajstić information content (AvgIpc) is 2.86. The maximum atomic E-state index is 14.4. The standard InChI is InChI=1S/C24H26ClFN4O3/c1-24(2,3)20(27)23(33)29-8-9-30-19(12-29)21(31)28-18-7-4-13(10-16(18)22(30)32)15-6-5-14(25)11-17(15)26/h4-7,10-11,19-20H,8-9,12,27H2,1-3H3,(H,28,31). The third-order valence-corrected chi connectivity index (χ3v) is 6.44. The fourth-order valence-corrected chi connectivity index (χ4v) is 4.27. The predicted octanol–water partition coefficient (Wildman–Crippen LogP) is 3.12. The zero-order valence-corrected chi connectivity index (χ0v) is 19.4. The van der Waals surface area contributed by atoms with E-state index in [9.17, 15) is 18.8 Å². The molecule has 1 saturated heterocycles. The molecule has 0 aromatic heterocycles. The first-order valence-corrected chi connectivity index (χ1v) is 11.1. The maximum absolute atomic E-state index is 14.4. The summed E-state index contributed by atoms with van der Waals surface area (Å²) in [6, 6.07) is 7.56. The van der Waals surface area contributed by atoms with Crippen molar-refractivity contribution >= 4 is 35.0 Å². The van der Waals surface area contributed by atoms with Gasteiger partial charge in [0.1, 0.15) is 11.9 Å². The van der Waals surface area contributed by atoms with Crippen molar-refractivity contribution in [3.8, 4) is 11.1 Å². The van der Waals surface area contributed by atoms with Crippen LogP contribution in [0.3, 0.4) is 0 Å². The molecule has 2 unspecified atom stereocenters. The molecule has 2 aliphatic rings. The summed E-state index contributed by atoms with van der Waals surface area (Å²) in [4.78, 5) is 42.3. The molecule has 2 heterocycles. The normalized spacial score (nSPS) is 19.4. The number of hydrogen-bond donors (Lipinski definition) is 2. The largest absolute Gasteiger partial charge is 0.337 e. The van der Waals surface area contributed by atoms with Crippen molar-refractivity contribution in [2.45, 2.75) is 32.9 Å². The van der Waals surface area contributed by atoms with E-state index in [1.165, 1.54) is 11.0 Å². The fraction of sp³-hybridized carbons (Fsp3) is 0.375. The fourth-order valence-electron chi connectivity index (χ4n) is 4.11. The Morgan fingerprint density at radius 1 is 1.15 bits per heavy atom. The second-order valence-corrected chi connectivity index (χ2v) is 9.95. The first-order valence-electron chi connectivity index (χ1n) is 10.7. The number of halogens is 2. The maximum Gasteiger partial charge on any atom is 0.256 e. The van der Waals surface area contributed by atoms with Gasteiger partial charge in [0, 0.05) is 23.7 Å². The zero-order valence-electron chi connectivity index (χ0n) is 18.7. The van der Waals surface area contributed by atoms with Crippen molar-refractivity contribution in [3.63, 3.8) is 0 Å². The van der Waals surface area contributed by atoms with Crippen LogP contribution in [0.5, 0.6) is 0 Å². The highest BCUT2D eigenvalue weighted by Crippen LogP contribution is 2.32. The average molecular weight is 473 g/mol. The summed E-state index contributed by atoms with van der Waals surface area (Å²) in [5, 5.41) is 3.06. The molecule has 4 rings (SSSR count). The number of hydrogen-bond acceptors (Lipinski definition) is 4. The number of anilines is 1. The lowest BCUT2D eigenvalue weighted by atomic mass is 9.86. The SMILES string of the molecule is CC(C)(C)C(N)C(=O)N1CCN2C(=O)c3cc(-c4ccc(Cl)cc4F)ccc3NC(=O)C2C1. The van der Waals surface area contributed by atoms with Crippen molar-refractivity contribution in [1.82, 2.24) is 9.80 Å². The van der Waals surface area contributed by atoms with Crippen LogP contribution < -0.4 is 11.1 Å². The van der Waals surface area contributed by atoms with Gasteiger partial charge in [-0.1, -0.05) is 38.4 Å². The summed E-state index contributed by atoms with van der Waals surface area (Å²) in [5.41, 5.74) is 7.12. The molecule has 2 atom stereocenters. The summed E-state index contributed by atoms with van der Waals surface area (Å²) in [7, 11) is 0. The van der Waals surface area contributed by atoms with E-state index in [4.69, 9.17) is 17.3 Å². The van der Waals surface area contributed by atoms with Crippen LogP contribution in [0.15, 0.2) is 36.4 Å². The van der Waals surface area contributed by atoms with E-state index in [2.05, 4.69) is 5.32 Å². The van der Waals surface area contributed by atoms with Gasteiger partial charge in [0.15, 0.2) is 0 Å². The van der Waals surface area contributed by atoms with E-state index < -0.39 is 23.3 Å². The molecular formula is C24H26ClFN4O3. The Hall–Kier alpha value is -2.97. The minimum atomic E-state index is -0.842. The van der Waals surface area contributed by atoms with Crippen LogP contribution in [-0.4, -0.2) is 59.2 Å². The molecule has 3 amide bonds. The Morgan fingerprint density at radius 3 is 2.55 bits per heavy atom. The van der Waals surface area contributed by atoms with E-state index in [0.717, 1.165) is 0 Å². The molecule has 174 valence electrons. The van der Waals surface area contributed by atoms with Gasteiger partial charge in [0.25, 0.3) is 5.91 Å². The summed E-state index contributed by atoms with van der Waals surface area (Å²) in [5.74, 6) is -1.48. The van der Waals surface area contributed by atoms with Crippen molar-refractivity contribution in [2.24, 2.45) is 11.1 Å². The Balaban J connectivity index is 1.63. The van der Waals surface area contributed by atoms with E-state index in [0.29, 0.717) is 16.8 Å². The minimum Gasteiger partial charge on any atom is -0.337 e. The van der Waals surface area contributed by atoms with Crippen LogP contribution in [-0.2, 0) is 9.59 Å². The van der Waals surface area contributed by atoms with Crippen LogP contribution in [0.1, 0.15) is 31.1 Å². The van der Waals surface area contributed by atoms with Gasteiger partial charge in [-0.05, 0) is 41.3 Å². The smallest absolute Gasteiger partial charge is 0.256 e. The van der Waals surface area contributed by atoms with Crippen LogP contribution in [0.4, 0.5) is 10.1 Å². The van der Waals surface area contributed by atoms with Gasteiger partial charge in [-0.2, -0.15) is 0 Å². The number of carbonyl (C=O) groups excluding carboxylic acids is 3. The highest BCUT2D eigenvalue weighted by molar-refractivity contribution is 6.30. The quantitative estimate of drug-likeness (QED) is 0.702. The van der Waals surface area contributed by atoms with Crippen LogP contribution in [0.2, 0.25) is 5.02 Å². The van der Waals surface area contributed by atoms with Gasteiger partial charge < -0.3 is 20.9 Å². The van der Waals surface area contributed by atoms with Gasteiger partial charge in [0.2, 0.25) is 11.8 Å². The van der Waals surface area contributed by atoms with Crippen molar-refractivity contribution in [3.05, 3.63) is 52.8 Å². The molecule has 33 heavy (non-hydrogen) atoms. The number of nitrogens with one attached hydrogen (secondary N) is 1. The monoisotopic (exact) mass is 472 g/mol. The number of nitrogens with zero attached hydrogens (tertiary/aromatic N) is 2. The van der Waals surface area contributed by atoms with Crippen molar-refractivity contribution < 1.29 is 18.8 Å². The van der Waals surface area contributed by atoms with Gasteiger partial charge in [-0.15, -0.1) is 0 Å². The van der Waals surface area contributed by atoms with Gasteiger partial charge in [0.05, 0.1) is 23.8 Å². The molecule has 9 heteroatoms. The van der Waals surface area contributed by atoms with Gasteiger partial charge in [-0.25, -0.2) is 4.39 Å². The van der Waals surface area contributed by atoms with Gasteiger partial charge in [-0.3, -0.25) is 14.4 Å². The third-order valence-electron chi connectivity index (χ3n) is 6.20. The third kappa shape index (κ3) is 4.32. The molecule has 1 fully saturated rings. The Bertz CT molecular complexity index is 1150. The van der Waals surface area contributed by atoms with Crippen molar-refractivity contribution in [2.75, 3.05) is 25.0 Å². The highest BCUT2D eigenvalue weighted by Gasteiger charge is 2.42. The summed E-state index contributed by atoms with van der Waals surface area (Å²) < 4.78 is 14.4. The van der Waals surface area contributed by atoms with Crippen LogP contribution in [0, 0.1) is 11.2 Å². The van der Waals surface area contributed by atoms with Gasteiger partial charge >= 0.3 is 0 Å². The summed E-state index contributed by atoms with van der Waals surface area (Å²) in [6.45, 7) is 6.17. The van der Waals surface area contributed by atoms with Crippen LogP contribution in [0.25, 0.3) is 11.1 Å². The molecule has 2 aromatic rings. The molecule has 2 aromatic carbocycles. The van der Waals surface area contributed by atoms with E-state index in [1.54, 1.807) is 35.2 Å². The Labute approximate surface area is 196 Å². The lowest BCUT2D eigenvalue weighted by molar-refractivity contribution is -0.139. The number of piperazine rings is 1. The summed E-state index contributed by atoms with van der Waals surface area (Å²) in [6.07, 6.45) is 0. The lowest BCUT2D eigenvalue weighted by Gasteiger charge is -2.41. The summed E-state index contributed by atoms with van der Waals surface area (Å²) >= 11 is 5.85. The predicted molar refractivity (Wildman–Crippen MR) is 124 cm³/mol. The van der Waals surface area contributed by atoms with E-state index >= 15 is 0 Å². The Kier molecular flexibility index (Phi) is 5.92. The molecular weight excluding hydrogens is 447 g/mol. The second kappa shape index (κ2) is 8.43. The molecule has 2 aliphatic heterocycles. The molecule has 3 N–H and O–H groups in total. The molecule has 0 spiro atoms. The molecule has 0 saturated carbocycles. The zero-order chi connectivity index (χ0) is 24.1. The van der Waals surface area contributed by atoms with Crippen LogP contribution >= 0.6 is 11.6 Å². The number of benzene rings is 2. The minimum absolute atomic E-state index is 0.0623. The first-order chi connectivity index (χ1) is 15.5. The topological polar surface area (TPSA) is 95.7 Å². The first kappa shape index (κ1) is 23.2. The van der Waals surface area contributed by atoms with Crippen molar-refractivity contribution in [1.29, 1.82) is 0 Å². The van der Waals surface area contributed by atoms with E-state index in [1.807, 2.05) is 20.8 Å². The molecule has 0 bridgehead atoms. The number of rotatable bonds is 2. The Morgan fingerprint density at radius 2 is 1.88 bits per heavy atom. The molecule has 0 aliphatic carbocycles. The number of carbonyl (C=O) groups is 3. The second-order valence-electron chi connectivity index (χ2n) is 9.52. The molecule has 0 radical (unpaired) electrons. The lowest BCUT2D eigenvalue weighted by Crippen LogP contribution is -2.62. The number of nitrogens with two attached hydrogens (primary N) is 1. The van der Waals surface area contributed by atoms with E-state index in [-0.39, 0.29) is 47.9 Å². The number of amides is 3. The highest BCUT2D eigenvalue weighted by atomic mass is 35.5. The molecule has 7 nitrogen and oxygen atoms in total.